The van der Waals surface area contributed by atoms with E-state index in [0.717, 1.165) is 18.8 Å². The van der Waals surface area contributed by atoms with Crippen LogP contribution in [0.2, 0.25) is 0 Å². The van der Waals surface area contributed by atoms with Crippen molar-refractivity contribution in [1.82, 2.24) is 5.32 Å². The number of hydrogen-bond donors (Lipinski definition) is 2. The average Bonchev–Trinajstić information content (AvgIpc) is 2.13. The quantitative estimate of drug-likeness (QED) is 0.757. The van der Waals surface area contributed by atoms with Gasteiger partial charge in [0.2, 0.25) is 0 Å². The van der Waals surface area contributed by atoms with Crippen LogP contribution in [0.15, 0.2) is 0 Å². The molecule has 1 rings (SSSR count). The molecule has 0 bridgehead atoms. The number of nitrogens with one attached hydrogen (secondary N) is 1. The summed E-state index contributed by atoms with van der Waals surface area (Å²) in [5, 5.41) is 12.7. The Morgan fingerprint density at radius 2 is 2.06 bits per heavy atom. The van der Waals surface area contributed by atoms with E-state index in [4.69, 9.17) is 5.11 Å². The molecule has 0 spiro atoms. The first kappa shape index (κ1) is 14.0. The van der Waals surface area contributed by atoms with Crippen molar-refractivity contribution in [1.29, 1.82) is 0 Å². The lowest BCUT2D eigenvalue weighted by molar-refractivity contribution is 0.139. The van der Waals surface area contributed by atoms with Crippen LogP contribution in [0.1, 0.15) is 59.8 Å². The molecule has 0 aliphatic heterocycles. The number of hydrogen-bond acceptors (Lipinski definition) is 2. The summed E-state index contributed by atoms with van der Waals surface area (Å²) in [7, 11) is 0. The molecule has 3 atom stereocenters. The molecule has 0 amide bonds. The van der Waals surface area contributed by atoms with Crippen LogP contribution < -0.4 is 5.32 Å². The molecule has 2 heteroatoms. The molecule has 1 aliphatic rings. The molecule has 0 radical (unpaired) electrons. The maximum Gasteiger partial charge on any atom is 0.0445 e. The Balaban J connectivity index is 2.46. The van der Waals surface area contributed by atoms with Gasteiger partial charge in [0.1, 0.15) is 0 Å². The molecular weight excluding hydrogens is 198 g/mol. The van der Waals surface area contributed by atoms with Crippen LogP contribution in [0.3, 0.4) is 0 Å². The second kappa shape index (κ2) is 6.02. The summed E-state index contributed by atoms with van der Waals surface area (Å²) in [5.74, 6) is 0.827. The summed E-state index contributed by atoms with van der Waals surface area (Å²) in [4.78, 5) is 0. The highest BCUT2D eigenvalue weighted by molar-refractivity contribution is 4.87. The Morgan fingerprint density at radius 3 is 2.56 bits per heavy atom. The first-order valence-electron chi connectivity index (χ1n) is 6.83. The second-order valence-electron chi connectivity index (χ2n) is 6.39. The van der Waals surface area contributed by atoms with E-state index in [1.165, 1.54) is 19.3 Å². The van der Waals surface area contributed by atoms with E-state index in [2.05, 4.69) is 33.0 Å². The standard InChI is InChI=1S/C14H29NO/c1-5-12(6-7-16)15-13-8-11(2)9-14(3,4)10-13/h11-13,15-16H,5-10H2,1-4H3. The maximum atomic E-state index is 9.01. The van der Waals surface area contributed by atoms with Gasteiger partial charge in [-0.3, -0.25) is 0 Å². The van der Waals surface area contributed by atoms with Crippen LogP contribution in [0.4, 0.5) is 0 Å². The minimum atomic E-state index is 0.303. The predicted octanol–water partition coefficient (Wildman–Crippen LogP) is 2.95. The number of aliphatic hydroxyl groups is 1. The van der Waals surface area contributed by atoms with Crippen LogP contribution in [0.5, 0.6) is 0 Å². The van der Waals surface area contributed by atoms with Crippen LogP contribution in [0.25, 0.3) is 0 Å². The SMILES string of the molecule is CCC(CCO)NC1CC(C)CC(C)(C)C1. The Bertz CT molecular complexity index is 203. The van der Waals surface area contributed by atoms with Gasteiger partial charge in [-0.2, -0.15) is 0 Å². The number of aliphatic hydroxyl groups excluding tert-OH is 1. The largest absolute Gasteiger partial charge is 0.396 e. The average molecular weight is 227 g/mol. The highest BCUT2D eigenvalue weighted by atomic mass is 16.3. The molecule has 3 unspecified atom stereocenters. The molecule has 2 N–H and O–H groups in total. The van der Waals surface area contributed by atoms with E-state index in [-0.39, 0.29) is 0 Å². The second-order valence-corrected chi connectivity index (χ2v) is 6.39. The minimum Gasteiger partial charge on any atom is -0.396 e. The molecule has 16 heavy (non-hydrogen) atoms. The van der Waals surface area contributed by atoms with Crippen molar-refractivity contribution < 1.29 is 5.11 Å². The normalized spacial score (nSPS) is 31.3. The first-order chi connectivity index (χ1) is 7.46. The van der Waals surface area contributed by atoms with Crippen molar-refractivity contribution in [3.8, 4) is 0 Å². The summed E-state index contributed by atoms with van der Waals surface area (Å²) < 4.78 is 0. The van der Waals surface area contributed by atoms with E-state index in [0.29, 0.717) is 24.1 Å². The van der Waals surface area contributed by atoms with Crippen molar-refractivity contribution in [3.05, 3.63) is 0 Å². The van der Waals surface area contributed by atoms with Crippen molar-refractivity contribution in [2.75, 3.05) is 6.61 Å². The van der Waals surface area contributed by atoms with Gasteiger partial charge in [-0.1, -0.05) is 27.7 Å². The molecule has 1 saturated carbocycles. The zero-order valence-electron chi connectivity index (χ0n) is 11.4. The summed E-state index contributed by atoms with van der Waals surface area (Å²) in [5.41, 5.74) is 0.479. The van der Waals surface area contributed by atoms with Gasteiger partial charge in [0, 0.05) is 18.7 Å². The number of rotatable bonds is 5. The van der Waals surface area contributed by atoms with Crippen molar-refractivity contribution in [2.45, 2.75) is 71.9 Å². The third kappa shape index (κ3) is 4.42. The van der Waals surface area contributed by atoms with Crippen molar-refractivity contribution in [2.24, 2.45) is 11.3 Å². The fourth-order valence-electron chi connectivity index (χ4n) is 3.37. The summed E-state index contributed by atoms with van der Waals surface area (Å²) in [6, 6.07) is 1.14. The highest BCUT2D eigenvalue weighted by Crippen LogP contribution is 2.38. The minimum absolute atomic E-state index is 0.303. The molecule has 96 valence electrons. The van der Waals surface area contributed by atoms with Gasteiger partial charge >= 0.3 is 0 Å². The third-order valence-electron chi connectivity index (χ3n) is 3.83. The zero-order chi connectivity index (χ0) is 12.2. The van der Waals surface area contributed by atoms with E-state index in [1.54, 1.807) is 0 Å². The molecule has 0 saturated heterocycles. The third-order valence-corrected chi connectivity index (χ3v) is 3.83. The molecule has 0 aromatic rings. The topological polar surface area (TPSA) is 32.3 Å². The zero-order valence-corrected chi connectivity index (χ0v) is 11.4. The Labute approximate surface area is 101 Å². The van der Waals surface area contributed by atoms with E-state index < -0.39 is 0 Å². The van der Waals surface area contributed by atoms with Crippen molar-refractivity contribution in [3.63, 3.8) is 0 Å². The smallest absolute Gasteiger partial charge is 0.0445 e. The molecule has 0 heterocycles. The van der Waals surface area contributed by atoms with E-state index in [9.17, 15) is 0 Å². The highest BCUT2D eigenvalue weighted by Gasteiger charge is 2.32. The van der Waals surface area contributed by atoms with Crippen LogP contribution in [-0.4, -0.2) is 23.8 Å². The predicted molar refractivity (Wildman–Crippen MR) is 69.5 cm³/mol. The Kier molecular flexibility index (Phi) is 5.26. The van der Waals surface area contributed by atoms with Gasteiger partial charge in [0.15, 0.2) is 0 Å². The molecule has 1 aliphatic carbocycles. The lowest BCUT2D eigenvalue weighted by Gasteiger charge is -2.40. The monoisotopic (exact) mass is 227 g/mol. The molecular formula is C14H29NO. The van der Waals surface area contributed by atoms with Gasteiger partial charge < -0.3 is 10.4 Å². The molecule has 0 aromatic carbocycles. The lowest BCUT2D eigenvalue weighted by Crippen LogP contribution is -2.45. The van der Waals surface area contributed by atoms with Crippen LogP contribution in [0, 0.1) is 11.3 Å². The van der Waals surface area contributed by atoms with Crippen LogP contribution >= 0.6 is 0 Å². The Hall–Kier alpha value is -0.0800. The first-order valence-corrected chi connectivity index (χ1v) is 6.83. The fourth-order valence-corrected chi connectivity index (χ4v) is 3.37. The Morgan fingerprint density at radius 1 is 1.38 bits per heavy atom. The summed E-state index contributed by atoms with van der Waals surface area (Å²) >= 11 is 0. The van der Waals surface area contributed by atoms with Gasteiger partial charge in [-0.25, -0.2) is 0 Å². The molecule has 1 fully saturated rings. The lowest BCUT2D eigenvalue weighted by atomic mass is 9.70. The van der Waals surface area contributed by atoms with Crippen molar-refractivity contribution >= 4 is 0 Å². The van der Waals surface area contributed by atoms with E-state index >= 15 is 0 Å². The van der Waals surface area contributed by atoms with Gasteiger partial charge in [0.05, 0.1) is 0 Å². The van der Waals surface area contributed by atoms with Gasteiger partial charge in [-0.05, 0) is 43.4 Å². The summed E-state index contributed by atoms with van der Waals surface area (Å²) in [6.45, 7) is 9.62. The molecule has 0 aromatic heterocycles. The van der Waals surface area contributed by atoms with Gasteiger partial charge in [-0.15, -0.1) is 0 Å². The van der Waals surface area contributed by atoms with E-state index in [1.807, 2.05) is 0 Å². The molecule has 2 nitrogen and oxygen atoms in total. The van der Waals surface area contributed by atoms with Crippen LogP contribution in [-0.2, 0) is 0 Å². The van der Waals surface area contributed by atoms with Gasteiger partial charge in [0.25, 0.3) is 0 Å². The maximum absolute atomic E-state index is 9.01. The fraction of sp³-hybridized carbons (Fsp3) is 1.00. The summed E-state index contributed by atoms with van der Waals surface area (Å²) in [6.07, 6.45) is 5.93.